The summed E-state index contributed by atoms with van der Waals surface area (Å²) in [7, 11) is -3.20. The Hall–Kier alpha value is -8.42. The fraction of sp³-hybridized carbons (Fsp3) is 0.383. The number of amides is 5. The predicted octanol–water partition coefficient (Wildman–Crippen LogP) is 6.58. The lowest BCUT2D eigenvalue weighted by Crippen LogP contribution is -2.46. The summed E-state index contributed by atoms with van der Waals surface area (Å²) in [4.78, 5) is 92.2. The Balaban J connectivity index is 0.628. The number of hydrogen-bond donors (Lipinski definition) is 4. The molecular formula is C60H63F4N9O11S. The number of Topliss-reactive ketones (excluding diaryl/α,β-unsaturated/α-hetero) is 1. The highest BCUT2D eigenvalue weighted by molar-refractivity contribution is 7.92. The second-order valence-electron chi connectivity index (χ2n) is 21.2. The van der Waals surface area contributed by atoms with Gasteiger partial charge < -0.3 is 40.0 Å². The Bertz CT molecular complexity index is 3620. The normalized spacial score (nSPS) is 17.2. The number of likely N-dealkylation sites (tertiary alicyclic amines) is 1. The molecule has 2 fully saturated rings. The molecule has 3 aliphatic rings. The number of ketones is 1. The smallest absolute Gasteiger partial charge is 0.267 e. The molecule has 0 bridgehead atoms. The van der Waals surface area contributed by atoms with E-state index in [9.17, 15) is 54.7 Å². The summed E-state index contributed by atoms with van der Waals surface area (Å²) in [6.07, 6.45) is 5.66. The fourth-order valence-electron chi connectivity index (χ4n) is 10.6. The van der Waals surface area contributed by atoms with Crippen LogP contribution in [-0.2, 0) is 74.4 Å². The van der Waals surface area contributed by atoms with E-state index in [1.165, 1.54) is 19.4 Å². The average Bonchev–Trinajstić information content (AvgIpc) is 3.22. The van der Waals surface area contributed by atoms with Crippen molar-refractivity contribution in [1.82, 2.24) is 40.7 Å². The number of aromatic nitrogens is 3. The van der Waals surface area contributed by atoms with E-state index in [4.69, 9.17) is 14.2 Å². The van der Waals surface area contributed by atoms with Crippen LogP contribution < -0.4 is 25.4 Å². The van der Waals surface area contributed by atoms with Gasteiger partial charge in [-0.1, -0.05) is 30.3 Å². The lowest BCUT2D eigenvalue weighted by Gasteiger charge is -2.24. The molecule has 0 unspecified atom stereocenters. The van der Waals surface area contributed by atoms with Crippen molar-refractivity contribution in [1.29, 1.82) is 0 Å². The molecule has 3 aromatic heterocycles. The molecule has 4 N–H and O–H groups in total. The zero-order valence-electron chi connectivity index (χ0n) is 46.6. The molecule has 5 amide bonds. The number of rotatable bonds is 26. The van der Waals surface area contributed by atoms with Crippen molar-refractivity contribution in [3.63, 3.8) is 0 Å². The number of methoxy groups -OCH3 is 1. The number of pyridine rings is 3. The predicted molar refractivity (Wildman–Crippen MR) is 302 cm³/mol. The molecule has 448 valence electrons. The van der Waals surface area contributed by atoms with Crippen LogP contribution in [0.3, 0.4) is 0 Å². The Morgan fingerprint density at radius 1 is 0.835 bits per heavy atom. The van der Waals surface area contributed by atoms with Crippen LogP contribution in [-0.4, -0.2) is 133 Å². The van der Waals surface area contributed by atoms with Crippen LogP contribution in [0.15, 0.2) is 102 Å². The Morgan fingerprint density at radius 2 is 1.61 bits per heavy atom. The number of aryl methyl sites for hydroxylation is 1. The first kappa shape index (κ1) is 61.1. The maximum Gasteiger partial charge on any atom is 0.267 e. The number of carbonyl (C=O) groups is 6. The number of nitrogens with zero attached hydrogens (tertiary/aromatic N) is 5. The Kier molecular flexibility index (Phi) is 19.5. The van der Waals surface area contributed by atoms with E-state index in [0.29, 0.717) is 54.3 Å². The number of alkyl halides is 2. The molecule has 0 spiro atoms. The number of ether oxygens (including phenoxy) is 3. The minimum absolute atomic E-state index is 0.0540. The average molecular weight is 1190 g/mol. The van der Waals surface area contributed by atoms with Gasteiger partial charge in [-0.3, -0.25) is 43.5 Å². The number of anilines is 1. The summed E-state index contributed by atoms with van der Waals surface area (Å²) in [5.74, 6) is -7.87. The van der Waals surface area contributed by atoms with Crippen molar-refractivity contribution < 1.29 is 69.0 Å². The highest BCUT2D eigenvalue weighted by Gasteiger charge is 2.48. The van der Waals surface area contributed by atoms with Crippen LogP contribution in [0.4, 0.5) is 23.2 Å². The van der Waals surface area contributed by atoms with Crippen LogP contribution in [0, 0.1) is 17.6 Å². The van der Waals surface area contributed by atoms with Gasteiger partial charge in [0.2, 0.25) is 35.4 Å². The third-order valence-electron chi connectivity index (χ3n) is 15.0. The van der Waals surface area contributed by atoms with Crippen LogP contribution >= 0.6 is 0 Å². The van der Waals surface area contributed by atoms with E-state index in [0.717, 1.165) is 50.2 Å². The van der Waals surface area contributed by atoms with Crippen LogP contribution in [0.25, 0.3) is 33.2 Å². The van der Waals surface area contributed by atoms with Crippen LogP contribution in [0.1, 0.15) is 74.3 Å². The second kappa shape index (κ2) is 27.1. The molecule has 0 aliphatic carbocycles. The molecule has 20 nitrogen and oxygen atoms in total. The fourth-order valence-corrected chi connectivity index (χ4v) is 11.7. The van der Waals surface area contributed by atoms with E-state index in [-0.39, 0.29) is 107 Å². The largest absolute Gasteiger partial charge is 0.480 e. The van der Waals surface area contributed by atoms with Gasteiger partial charge in [-0.2, -0.15) is 0 Å². The molecule has 9 rings (SSSR count). The van der Waals surface area contributed by atoms with Crippen molar-refractivity contribution in [2.75, 3.05) is 51.3 Å². The van der Waals surface area contributed by atoms with E-state index < -0.39 is 75.3 Å². The number of nitrogens with one attached hydrogen (secondary N) is 4. The molecule has 3 aromatic carbocycles. The van der Waals surface area contributed by atoms with Gasteiger partial charge >= 0.3 is 0 Å². The monoisotopic (exact) mass is 1190 g/mol. The first-order chi connectivity index (χ1) is 40.7. The molecule has 0 saturated carbocycles. The minimum Gasteiger partial charge on any atom is -0.480 e. The van der Waals surface area contributed by atoms with Crippen molar-refractivity contribution in [2.24, 2.45) is 5.92 Å². The SMILES string of the molecule is COc1ncc(-c2ccc3nccc(-c4ccc(COCC(=O)CCCOCCC(=O)NCCNC(=O)CCc5cccc6c5CN(C(=O)C[C@@H]5C[C@@H](C(=O)N7CC(F)(F)C[C@H]7C)NC5=O)C6)nc4)c3c2)cc1NS(=O)(=O)c1ccc(F)cc1F. The summed E-state index contributed by atoms with van der Waals surface area (Å²) in [6.45, 7) is 2.28. The lowest BCUT2D eigenvalue weighted by molar-refractivity contribution is -0.136. The maximum absolute atomic E-state index is 14.5. The minimum atomic E-state index is -4.51. The van der Waals surface area contributed by atoms with E-state index in [2.05, 4.69) is 35.6 Å². The topological polar surface area (TPSA) is 258 Å². The standard InChI is InChI=1S/C60H63F4N9O11S/c1-36-28-60(63,64)35-73(36)59(79)52-24-41(57(78)70-52)26-56(77)72-31-40-6-3-5-37(48(40)32-72)10-15-54(75)66-19-20-67-55(76)17-22-83-21-4-7-45(74)34-84-33-44-12-8-39(29-68-44)46-16-18-65-50-13-9-38(23-47(46)50)42-25-51(58(82-2)69-30-42)71-85(80,81)53-14-11-43(61)27-49(53)62/h3,5-6,8-9,11-14,16,18,23,25,27,29-30,36,41,52,71H,4,7,10,15,17,19-22,24,26,28,31-35H2,1-2H3,(H,66,75)(H,67,76)(H,70,78)/t36-,41+,52+/m1/s1. The van der Waals surface area contributed by atoms with Gasteiger partial charge in [0, 0.05) is 118 Å². The van der Waals surface area contributed by atoms with Gasteiger partial charge in [0.15, 0.2) is 5.78 Å². The molecule has 3 atom stereocenters. The zero-order valence-corrected chi connectivity index (χ0v) is 47.5. The highest BCUT2D eigenvalue weighted by atomic mass is 32.2. The summed E-state index contributed by atoms with van der Waals surface area (Å²) in [6, 6.07) is 18.6. The second-order valence-corrected chi connectivity index (χ2v) is 22.8. The van der Waals surface area contributed by atoms with Crippen molar-refractivity contribution in [3.05, 3.63) is 131 Å². The number of benzene rings is 3. The number of sulfonamides is 1. The number of halogens is 4. The summed E-state index contributed by atoms with van der Waals surface area (Å²) >= 11 is 0. The van der Waals surface area contributed by atoms with Crippen LogP contribution in [0.5, 0.6) is 5.88 Å². The van der Waals surface area contributed by atoms with E-state index >= 15 is 0 Å². The van der Waals surface area contributed by atoms with Crippen molar-refractivity contribution in [2.45, 2.75) is 101 Å². The molecule has 85 heavy (non-hydrogen) atoms. The number of hydrogen-bond acceptors (Lipinski definition) is 14. The lowest BCUT2D eigenvalue weighted by atomic mass is 9.98. The molecule has 3 aliphatic heterocycles. The number of carbonyl (C=O) groups excluding carboxylic acids is 6. The van der Waals surface area contributed by atoms with Gasteiger partial charge in [0.05, 0.1) is 38.1 Å². The van der Waals surface area contributed by atoms with Gasteiger partial charge in [-0.05, 0) is 96.5 Å². The quantitative estimate of drug-likeness (QED) is 0.0331. The highest BCUT2D eigenvalue weighted by Crippen LogP contribution is 2.37. The van der Waals surface area contributed by atoms with E-state index in [1.807, 2.05) is 36.4 Å². The molecule has 6 heterocycles. The van der Waals surface area contributed by atoms with Crippen molar-refractivity contribution >= 4 is 61.9 Å². The summed E-state index contributed by atoms with van der Waals surface area (Å²) in [5, 5.41) is 8.91. The molecule has 25 heteroatoms. The molecular weight excluding hydrogens is 1130 g/mol. The first-order valence-electron chi connectivity index (χ1n) is 27.7. The Labute approximate surface area is 487 Å². The molecule has 0 radical (unpaired) electrons. The summed E-state index contributed by atoms with van der Waals surface area (Å²) < 4.78 is 101. The van der Waals surface area contributed by atoms with Gasteiger partial charge in [-0.15, -0.1) is 0 Å². The third-order valence-corrected chi connectivity index (χ3v) is 16.4. The van der Waals surface area contributed by atoms with Gasteiger partial charge in [0.25, 0.3) is 15.9 Å². The zero-order chi connectivity index (χ0) is 60.4. The molecule has 2 saturated heterocycles. The van der Waals surface area contributed by atoms with Gasteiger partial charge in [0.1, 0.15) is 34.9 Å². The van der Waals surface area contributed by atoms with Crippen molar-refractivity contribution in [3.8, 4) is 28.1 Å². The van der Waals surface area contributed by atoms with E-state index in [1.54, 1.807) is 42.4 Å². The first-order valence-corrected chi connectivity index (χ1v) is 29.2. The number of fused-ring (bicyclic) bond motifs is 2. The molecule has 6 aromatic rings. The summed E-state index contributed by atoms with van der Waals surface area (Å²) in [5.41, 5.74) is 6.68. The Morgan fingerprint density at radius 3 is 2.35 bits per heavy atom. The third kappa shape index (κ3) is 15.5. The van der Waals surface area contributed by atoms with Crippen LogP contribution in [0.2, 0.25) is 0 Å². The van der Waals surface area contributed by atoms with Gasteiger partial charge in [-0.25, -0.2) is 31.0 Å². The maximum atomic E-state index is 14.5.